The topological polar surface area (TPSA) is 55.4 Å². The number of aldehydes is 1. The third kappa shape index (κ3) is 5.39. The molecule has 1 aliphatic carbocycles. The highest BCUT2D eigenvalue weighted by atomic mass is 19.4. The summed E-state index contributed by atoms with van der Waals surface area (Å²) >= 11 is 0. The summed E-state index contributed by atoms with van der Waals surface area (Å²) in [5, 5.41) is 2.56. The van der Waals surface area contributed by atoms with E-state index in [4.69, 9.17) is 4.74 Å². The van der Waals surface area contributed by atoms with E-state index in [1.807, 2.05) is 48.5 Å². The Balaban J connectivity index is 1.35. The number of nitrogens with one attached hydrogen (secondary N) is 1. The van der Waals surface area contributed by atoms with E-state index in [1.165, 1.54) is 12.1 Å². The Kier molecular flexibility index (Phi) is 7.24. The maximum Gasteiger partial charge on any atom is 0.416 e. The van der Waals surface area contributed by atoms with Crippen molar-refractivity contribution < 1.29 is 27.5 Å². The standard InChI is InChI=1S/C28H26F3NO3/c1-2-19-15-18(12-14-26(19)28(29,30)31)11-13-20(16-33)32-27(34)35-17-25-23-9-5-3-7-21(23)22-8-4-6-10-24(22)25/h3-10,12,14-16,20,25H,2,11,13,17H2,1H3,(H,32,34). The van der Waals surface area contributed by atoms with Crippen molar-refractivity contribution in [1.29, 1.82) is 0 Å². The Morgan fingerprint density at radius 1 is 1.03 bits per heavy atom. The number of alkyl halides is 3. The minimum atomic E-state index is -4.40. The number of amides is 1. The van der Waals surface area contributed by atoms with Crippen LogP contribution in [0.5, 0.6) is 0 Å². The summed E-state index contributed by atoms with van der Waals surface area (Å²) in [6.07, 6.45) is -3.64. The number of rotatable bonds is 8. The van der Waals surface area contributed by atoms with Crippen molar-refractivity contribution in [3.8, 4) is 11.1 Å². The number of benzene rings is 3. The smallest absolute Gasteiger partial charge is 0.416 e. The molecule has 0 fully saturated rings. The fourth-order valence-corrected chi connectivity index (χ4v) is 4.66. The first kappa shape index (κ1) is 24.5. The van der Waals surface area contributed by atoms with E-state index in [2.05, 4.69) is 5.32 Å². The van der Waals surface area contributed by atoms with Crippen LogP contribution in [-0.2, 0) is 28.5 Å². The van der Waals surface area contributed by atoms with Gasteiger partial charge < -0.3 is 14.8 Å². The van der Waals surface area contributed by atoms with Crippen molar-refractivity contribution in [3.63, 3.8) is 0 Å². The normalized spacial score (nSPS) is 13.6. The zero-order valence-corrected chi connectivity index (χ0v) is 19.3. The van der Waals surface area contributed by atoms with Gasteiger partial charge in [0.2, 0.25) is 0 Å². The van der Waals surface area contributed by atoms with Crippen LogP contribution >= 0.6 is 0 Å². The van der Waals surface area contributed by atoms with E-state index in [0.717, 1.165) is 28.3 Å². The molecule has 0 aliphatic heterocycles. The van der Waals surface area contributed by atoms with E-state index >= 15 is 0 Å². The van der Waals surface area contributed by atoms with Gasteiger partial charge in [-0.25, -0.2) is 4.79 Å². The molecule has 3 aromatic rings. The van der Waals surface area contributed by atoms with E-state index in [1.54, 1.807) is 6.92 Å². The van der Waals surface area contributed by atoms with Gasteiger partial charge in [0, 0.05) is 5.92 Å². The number of ether oxygens (including phenoxy) is 1. The van der Waals surface area contributed by atoms with Crippen molar-refractivity contribution in [3.05, 3.63) is 94.5 Å². The molecule has 1 aliphatic rings. The largest absolute Gasteiger partial charge is 0.449 e. The van der Waals surface area contributed by atoms with E-state index < -0.39 is 23.9 Å². The molecule has 0 saturated carbocycles. The van der Waals surface area contributed by atoms with Crippen molar-refractivity contribution in [2.45, 2.75) is 44.3 Å². The van der Waals surface area contributed by atoms with Gasteiger partial charge in [-0.3, -0.25) is 0 Å². The van der Waals surface area contributed by atoms with E-state index in [0.29, 0.717) is 18.3 Å². The maximum absolute atomic E-state index is 13.1. The minimum Gasteiger partial charge on any atom is -0.449 e. The minimum absolute atomic E-state index is 0.0950. The highest BCUT2D eigenvalue weighted by Crippen LogP contribution is 2.44. The average molecular weight is 482 g/mol. The zero-order valence-electron chi connectivity index (χ0n) is 19.3. The lowest BCUT2D eigenvalue weighted by atomic mass is 9.98. The highest BCUT2D eigenvalue weighted by Gasteiger charge is 2.33. The predicted molar refractivity (Wildman–Crippen MR) is 127 cm³/mol. The van der Waals surface area contributed by atoms with Gasteiger partial charge in [-0.2, -0.15) is 13.2 Å². The molecule has 1 N–H and O–H groups in total. The summed E-state index contributed by atoms with van der Waals surface area (Å²) in [5.74, 6) is -0.0950. The summed E-state index contributed by atoms with van der Waals surface area (Å²) in [7, 11) is 0. The van der Waals surface area contributed by atoms with Gasteiger partial charge in [-0.05, 0) is 58.7 Å². The molecule has 0 saturated heterocycles. The maximum atomic E-state index is 13.1. The number of hydrogen-bond donors (Lipinski definition) is 1. The average Bonchev–Trinajstić information content (AvgIpc) is 3.18. The molecule has 35 heavy (non-hydrogen) atoms. The van der Waals surface area contributed by atoms with Crippen molar-refractivity contribution in [2.24, 2.45) is 0 Å². The third-order valence-corrected chi connectivity index (χ3v) is 6.41. The van der Waals surface area contributed by atoms with Crippen LogP contribution in [0.15, 0.2) is 66.7 Å². The van der Waals surface area contributed by atoms with Crippen LogP contribution in [0.3, 0.4) is 0 Å². The molecule has 1 atom stereocenters. The third-order valence-electron chi connectivity index (χ3n) is 6.41. The quantitative estimate of drug-likeness (QED) is 0.384. The monoisotopic (exact) mass is 481 g/mol. The lowest BCUT2D eigenvalue weighted by molar-refractivity contribution is -0.138. The van der Waals surface area contributed by atoms with E-state index in [-0.39, 0.29) is 30.9 Å². The molecule has 0 spiro atoms. The van der Waals surface area contributed by atoms with E-state index in [9.17, 15) is 22.8 Å². The van der Waals surface area contributed by atoms with Gasteiger partial charge in [0.15, 0.2) is 0 Å². The Labute approximate surface area is 202 Å². The van der Waals surface area contributed by atoms with Crippen molar-refractivity contribution in [1.82, 2.24) is 5.32 Å². The fraction of sp³-hybridized carbons (Fsp3) is 0.286. The Bertz CT molecular complexity index is 1180. The molecule has 7 heteroatoms. The van der Waals surface area contributed by atoms with Crippen LogP contribution in [0.1, 0.15) is 47.1 Å². The Morgan fingerprint density at radius 3 is 2.23 bits per heavy atom. The summed E-state index contributed by atoms with van der Waals surface area (Å²) in [6, 6.07) is 19.2. The molecule has 0 bridgehead atoms. The van der Waals surface area contributed by atoms with Gasteiger partial charge in [0.05, 0.1) is 11.6 Å². The summed E-state index contributed by atoms with van der Waals surface area (Å²) in [5.41, 5.74) is 4.65. The number of hydrogen-bond acceptors (Lipinski definition) is 3. The molecule has 182 valence electrons. The van der Waals surface area contributed by atoms with Crippen LogP contribution in [0.2, 0.25) is 0 Å². The van der Waals surface area contributed by atoms with Crippen LogP contribution in [0, 0.1) is 0 Å². The molecular weight excluding hydrogens is 455 g/mol. The second kappa shape index (κ2) is 10.3. The Hall–Kier alpha value is -3.61. The lowest BCUT2D eigenvalue weighted by Crippen LogP contribution is -2.37. The summed E-state index contributed by atoms with van der Waals surface area (Å²) in [6.45, 7) is 1.80. The van der Waals surface area contributed by atoms with Gasteiger partial charge in [0.25, 0.3) is 0 Å². The van der Waals surface area contributed by atoms with Crippen LogP contribution in [-0.4, -0.2) is 25.0 Å². The molecule has 1 amide bonds. The first-order valence-electron chi connectivity index (χ1n) is 11.6. The first-order chi connectivity index (χ1) is 16.8. The fourth-order valence-electron chi connectivity index (χ4n) is 4.66. The number of carbonyl (C=O) groups is 2. The molecule has 1 unspecified atom stereocenters. The molecule has 4 rings (SSSR count). The number of carbonyl (C=O) groups excluding carboxylic acids is 2. The number of alkyl carbamates (subject to hydrolysis) is 1. The van der Waals surface area contributed by atoms with Gasteiger partial charge in [0.1, 0.15) is 12.9 Å². The van der Waals surface area contributed by atoms with Crippen LogP contribution in [0.4, 0.5) is 18.0 Å². The van der Waals surface area contributed by atoms with Gasteiger partial charge >= 0.3 is 12.3 Å². The second-order valence-electron chi connectivity index (χ2n) is 8.59. The molecule has 0 heterocycles. The SMILES string of the molecule is CCc1cc(CCC(C=O)NC(=O)OCC2c3ccccc3-c3ccccc32)ccc1C(F)(F)F. The number of aryl methyl sites for hydroxylation is 2. The second-order valence-corrected chi connectivity index (χ2v) is 8.59. The van der Waals surface area contributed by atoms with Gasteiger partial charge in [-0.15, -0.1) is 0 Å². The Morgan fingerprint density at radius 2 is 1.66 bits per heavy atom. The van der Waals surface area contributed by atoms with Crippen LogP contribution < -0.4 is 5.32 Å². The molecule has 3 aromatic carbocycles. The molecular formula is C28H26F3NO3. The number of halogens is 3. The van der Waals surface area contributed by atoms with Crippen LogP contribution in [0.25, 0.3) is 11.1 Å². The predicted octanol–water partition coefficient (Wildman–Crippen LogP) is 6.31. The molecule has 0 aromatic heterocycles. The number of fused-ring (bicyclic) bond motifs is 3. The van der Waals surface area contributed by atoms with Crippen molar-refractivity contribution in [2.75, 3.05) is 6.61 Å². The highest BCUT2D eigenvalue weighted by molar-refractivity contribution is 5.79. The first-order valence-corrected chi connectivity index (χ1v) is 11.6. The van der Waals surface area contributed by atoms with Crippen molar-refractivity contribution >= 4 is 12.4 Å². The summed E-state index contributed by atoms with van der Waals surface area (Å²) in [4.78, 5) is 24.0. The lowest BCUT2D eigenvalue weighted by Gasteiger charge is -2.17. The molecule has 0 radical (unpaired) electrons. The van der Waals surface area contributed by atoms with Gasteiger partial charge in [-0.1, -0.05) is 67.6 Å². The zero-order chi connectivity index (χ0) is 25.0. The summed E-state index contributed by atoms with van der Waals surface area (Å²) < 4.78 is 44.8. The molecule has 4 nitrogen and oxygen atoms in total.